The van der Waals surface area contributed by atoms with Crippen LogP contribution in [0.4, 0.5) is 5.82 Å². The molecule has 0 aliphatic rings. The van der Waals surface area contributed by atoms with Gasteiger partial charge in [-0.05, 0) is 32.4 Å². The Balaban J connectivity index is 1.96. The van der Waals surface area contributed by atoms with Crippen molar-refractivity contribution >= 4 is 17.0 Å². The van der Waals surface area contributed by atoms with Gasteiger partial charge in [0, 0.05) is 12.2 Å². The van der Waals surface area contributed by atoms with Crippen molar-refractivity contribution in [3.8, 4) is 17.1 Å². The fraction of sp³-hybridized carbons (Fsp3) is 0.263. The zero-order valence-electron chi connectivity index (χ0n) is 15.0. The van der Waals surface area contributed by atoms with Crippen molar-refractivity contribution in [1.29, 1.82) is 0 Å². The molecule has 26 heavy (non-hydrogen) atoms. The maximum Gasteiger partial charge on any atom is 0.170 e. The highest BCUT2D eigenvalue weighted by Crippen LogP contribution is 2.29. The number of rotatable bonds is 5. The van der Waals surface area contributed by atoms with Crippen molar-refractivity contribution in [3.63, 3.8) is 0 Å². The van der Waals surface area contributed by atoms with Gasteiger partial charge >= 0.3 is 0 Å². The third kappa shape index (κ3) is 2.71. The maximum atomic E-state index is 5.31. The van der Waals surface area contributed by atoms with E-state index < -0.39 is 0 Å². The molecule has 3 aromatic heterocycles. The molecule has 0 amide bonds. The maximum absolute atomic E-state index is 5.31. The molecule has 1 aromatic carbocycles. The zero-order chi connectivity index (χ0) is 18.1. The number of imidazole rings is 1. The number of aryl methyl sites for hydroxylation is 2. The Labute approximate surface area is 151 Å². The first-order chi connectivity index (χ1) is 12.7. The Bertz CT molecular complexity index is 1030. The topological polar surface area (TPSA) is 81.7 Å². The van der Waals surface area contributed by atoms with Crippen LogP contribution in [-0.4, -0.2) is 31.2 Å². The number of aromatic nitrogens is 5. The number of hydrogen-bond acceptors (Lipinski definition) is 6. The van der Waals surface area contributed by atoms with E-state index in [0.29, 0.717) is 11.6 Å². The summed E-state index contributed by atoms with van der Waals surface area (Å²) >= 11 is 0. The van der Waals surface area contributed by atoms with Crippen LogP contribution in [0.3, 0.4) is 0 Å². The minimum atomic E-state index is 0.588. The van der Waals surface area contributed by atoms with E-state index in [4.69, 9.17) is 14.5 Å². The predicted octanol–water partition coefficient (Wildman–Crippen LogP) is 3.91. The Morgan fingerprint density at radius 2 is 1.92 bits per heavy atom. The van der Waals surface area contributed by atoms with Crippen molar-refractivity contribution in [2.45, 2.75) is 27.2 Å². The van der Waals surface area contributed by atoms with Gasteiger partial charge in [0.1, 0.15) is 12.1 Å². The van der Waals surface area contributed by atoms with Gasteiger partial charge < -0.3 is 9.84 Å². The summed E-state index contributed by atoms with van der Waals surface area (Å²) in [7, 11) is 0. The number of nitrogens with zero attached hydrogens (tertiary/aromatic N) is 5. The third-order valence-corrected chi connectivity index (χ3v) is 4.23. The van der Waals surface area contributed by atoms with Gasteiger partial charge in [-0.3, -0.25) is 4.57 Å². The van der Waals surface area contributed by atoms with Gasteiger partial charge in [0.2, 0.25) is 0 Å². The molecule has 132 valence electrons. The molecule has 1 N–H and O–H groups in total. The van der Waals surface area contributed by atoms with Gasteiger partial charge in [-0.1, -0.05) is 30.3 Å². The lowest BCUT2D eigenvalue weighted by Gasteiger charge is -2.09. The van der Waals surface area contributed by atoms with E-state index >= 15 is 0 Å². The second kappa shape index (κ2) is 6.59. The largest absolute Gasteiger partial charge is 0.368 e. The van der Waals surface area contributed by atoms with E-state index in [9.17, 15) is 0 Å². The van der Waals surface area contributed by atoms with Gasteiger partial charge in [0.15, 0.2) is 22.8 Å². The average Bonchev–Trinajstić information content (AvgIpc) is 3.23. The molecule has 7 heteroatoms. The SMILES string of the molecule is CCCNc1nc(-c2c(C)noc2C)nc2c1ncn2-c1ccccc1. The zero-order valence-corrected chi connectivity index (χ0v) is 15.0. The molecule has 0 aliphatic heterocycles. The van der Waals surface area contributed by atoms with Gasteiger partial charge in [0.05, 0.1) is 11.3 Å². The van der Waals surface area contributed by atoms with Gasteiger partial charge in [-0.2, -0.15) is 0 Å². The Morgan fingerprint density at radius 1 is 1.12 bits per heavy atom. The molecular formula is C19H20N6O. The minimum Gasteiger partial charge on any atom is -0.368 e. The van der Waals surface area contributed by atoms with Crippen molar-refractivity contribution in [3.05, 3.63) is 48.1 Å². The lowest BCUT2D eigenvalue weighted by atomic mass is 10.2. The van der Waals surface area contributed by atoms with E-state index in [-0.39, 0.29) is 0 Å². The van der Waals surface area contributed by atoms with Crippen LogP contribution in [0.1, 0.15) is 24.8 Å². The summed E-state index contributed by atoms with van der Waals surface area (Å²) in [6.45, 7) is 6.69. The Morgan fingerprint density at radius 3 is 2.62 bits per heavy atom. The molecular weight excluding hydrogens is 328 g/mol. The van der Waals surface area contributed by atoms with E-state index in [1.807, 2.05) is 48.7 Å². The summed E-state index contributed by atoms with van der Waals surface area (Å²) in [5, 5.41) is 7.40. The molecule has 3 heterocycles. The first kappa shape index (κ1) is 16.3. The molecule has 0 saturated heterocycles. The molecule has 7 nitrogen and oxygen atoms in total. The summed E-state index contributed by atoms with van der Waals surface area (Å²) in [4.78, 5) is 14.1. The van der Waals surface area contributed by atoms with Gasteiger partial charge in [0.25, 0.3) is 0 Å². The number of hydrogen-bond donors (Lipinski definition) is 1. The molecule has 0 aliphatic carbocycles. The summed E-state index contributed by atoms with van der Waals surface area (Å²) in [5.74, 6) is 2.01. The Kier molecular flexibility index (Phi) is 4.12. The summed E-state index contributed by atoms with van der Waals surface area (Å²) in [6.07, 6.45) is 2.77. The fourth-order valence-electron chi connectivity index (χ4n) is 2.96. The molecule has 0 bridgehead atoms. The van der Waals surface area contributed by atoms with Crippen LogP contribution in [0.5, 0.6) is 0 Å². The monoisotopic (exact) mass is 348 g/mol. The number of para-hydroxylation sites is 1. The number of nitrogens with one attached hydrogen (secondary N) is 1. The molecule has 4 rings (SSSR count). The Hall–Kier alpha value is -3.22. The van der Waals surface area contributed by atoms with Crippen molar-refractivity contribution in [2.75, 3.05) is 11.9 Å². The van der Waals surface area contributed by atoms with Crippen LogP contribution in [0.2, 0.25) is 0 Å². The van der Waals surface area contributed by atoms with E-state index in [0.717, 1.165) is 46.9 Å². The lowest BCUT2D eigenvalue weighted by molar-refractivity contribution is 0.393. The smallest absolute Gasteiger partial charge is 0.170 e. The van der Waals surface area contributed by atoms with E-state index in [2.05, 4.69) is 22.4 Å². The van der Waals surface area contributed by atoms with Crippen molar-refractivity contribution in [1.82, 2.24) is 24.7 Å². The van der Waals surface area contributed by atoms with Gasteiger partial charge in [-0.15, -0.1) is 0 Å². The van der Waals surface area contributed by atoms with Crippen LogP contribution in [0, 0.1) is 13.8 Å². The van der Waals surface area contributed by atoms with E-state index in [1.165, 1.54) is 0 Å². The highest BCUT2D eigenvalue weighted by Gasteiger charge is 2.19. The van der Waals surface area contributed by atoms with Crippen LogP contribution in [0.25, 0.3) is 28.2 Å². The predicted molar refractivity (Wildman–Crippen MR) is 100 cm³/mol. The highest BCUT2D eigenvalue weighted by molar-refractivity contribution is 5.86. The molecule has 0 saturated carbocycles. The van der Waals surface area contributed by atoms with Crippen molar-refractivity contribution < 1.29 is 4.52 Å². The first-order valence-electron chi connectivity index (χ1n) is 8.66. The van der Waals surface area contributed by atoms with Crippen LogP contribution < -0.4 is 5.32 Å². The molecule has 0 fully saturated rings. The number of fused-ring (bicyclic) bond motifs is 1. The average molecular weight is 348 g/mol. The molecule has 0 spiro atoms. The molecule has 4 aromatic rings. The van der Waals surface area contributed by atoms with Crippen LogP contribution in [0.15, 0.2) is 41.2 Å². The number of anilines is 1. The quantitative estimate of drug-likeness (QED) is 0.589. The van der Waals surface area contributed by atoms with Gasteiger partial charge in [-0.25, -0.2) is 15.0 Å². The summed E-state index contributed by atoms with van der Waals surface area (Å²) in [6, 6.07) is 10.0. The minimum absolute atomic E-state index is 0.588. The lowest BCUT2D eigenvalue weighted by Crippen LogP contribution is -2.06. The molecule has 0 radical (unpaired) electrons. The van der Waals surface area contributed by atoms with Crippen LogP contribution in [-0.2, 0) is 0 Å². The molecule has 0 unspecified atom stereocenters. The fourth-order valence-corrected chi connectivity index (χ4v) is 2.96. The summed E-state index contributed by atoms with van der Waals surface area (Å²) in [5.41, 5.74) is 4.10. The normalized spacial score (nSPS) is 11.2. The van der Waals surface area contributed by atoms with E-state index in [1.54, 1.807) is 6.33 Å². The van der Waals surface area contributed by atoms with Crippen molar-refractivity contribution in [2.24, 2.45) is 0 Å². The second-order valence-electron chi connectivity index (χ2n) is 6.14. The molecule has 0 atom stereocenters. The highest BCUT2D eigenvalue weighted by atomic mass is 16.5. The van der Waals surface area contributed by atoms with Crippen LogP contribution >= 0.6 is 0 Å². The standard InChI is InChI=1S/C19H20N6O/c1-4-10-20-18-16-19(25(11-21-16)14-8-6-5-7-9-14)23-17(22-18)15-12(2)24-26-13(15)3/h5-9,11H,4,10H2,1-3H3,(H,20,22,23). The second-order valence-corrected chi connectivity index (χ2v) is 6.14. The summed E-state index contributed by atoms with van der Waals surface area (Å²) < 4.78 is 7.27. The third-order valence-electron chi connectivity index (χ3n) is 4.23. The first-order valence-corrected chi connectivity index (χ1v) is 8.66. The number of benzene rings is 1.